The molecule has 16 heavy (non-hydrogen) atoms. The lowest BCUT2D eigenvalue weighted by atomic mass is 9.99. The van der Waals surface area contributed by atoms with Crippen LogP contribution >= 0.6 is 0 Å². The van der Waals surface area contributed by atoms with Gasteiger partial charge in [0.15, 0.2) is 0 Å². The highest BCUT2D eigenvalue weighted by Gasteiger charge is 2.42. The number of carbonyl (C=O) groups excluding carboxylic acids is 1. The maximum atomic E-state index is 11.8. The first-order chi connectivity index (χ1) is 7.61. The Morgan fingerprint density at radius 3 is 2.31 bits per heavy atom. The van der Waals surface area contributed by atoms with Gasteiger partial charge in [0, 0.05) is 18.5 Å². The number of hydrogen-bond donors (Lipinski definition) is 0. The third-order valence-electron chi connectivity index (χ3n) is 3.74. The zero-order valence-electron chi connectivity index (χ0n) is 10.6. The molecule has 0 aromatic rings. The minimum Gasteiger partial charge on any atom is -0.375 e. The molecule has 0 aromatic heterocycles. The fourth-order valence-electron chi connectivity index (χ4n) is 3.21. The molecule has 2 rings (SSSR count). The summed E-state index contributed by atoms with van der Waals surface area (Å²) in [6.07, 6.45) is 5.75. The molecule has 0 radical (unpaired) electrons. The SMILES string of the molecule is CCC(=O)N1C2CCC1CC(OC(C)C)C2. The molecule has 2 aliphatic rings. The first-order valence-corrected chi connectivity index (χ1v) is 6.58. The second-order valence-corrected chi connectivity index (χ2v) is 5.32. The van der Waals surface area contributed by atoms with Crippen LogP contribution in [0, 0.1) is 0 Å². The third kappa shape index (κ3) is 2.24. The zero-order valence-corrected chi connectivity index (χ0v) is 10.6. The highest BCUT2D eigenvalue weighted by Crippen LogP contribution is 2.37. The number of amides is 1. The third-order valence-corrected chi connectivity index (χ3v) is 3.74. The van der Waals surface area contributed by atoms with Gasteiger partial charge in [0.2, 0.25) is 5.91 Å². The quantitative estimate of drug-likeness (QED) is 0.738. The zero-order chi connectivity index (χ0) is 11.7. The summed E-state index contributed by atoms with van der Waals surface area (Å²) in [7, 11) is 0. The number of hydrogen-bond acceptors (Lipinski definition) is 2. The number of nitrogens with zero attached hydrogens (tertiary/aromatic N) is 1. The van der Waals surface area contributed by atoms with Gasteiger partial charge in [-0.1, -0.05) is 6.92 Å². The highest BCUT2D eigenvalue weighted by atomic mass is 16.5. The summed E-state index contributed by atoms with van der Waals surface area (Å²) in [4.78, 5) is 14.0. The molecular formula is C13H23NO2. The molecular weight excluding hydrogens is 202 g/mol. The lowest BCUT2D eigenvalue weighted by molar-refractivity contribution is -0.139. The topological polar surface area (TPSA) is 29.5 Å². The molecule has 0 aliphatic carbocycles. The Labute approximate surface area is 98.1 Å². The van der Waals surface area contributed by atoms with Crippen molar-refractivity contribution in [3.8, 4) is 0 Å². The second-order valence-electron chi connectivity index (χ2n) is 5.32. The Kier molecular flexibility index (Phi) is 3.53. The molecule has 0 aromatic carbocycles. The Balaban J connectivity index is 1.98. The van der Waals surface area contributed by atoms with Gasteiger partial charge in [0.05, 0.1) is 12.2 Å². The van der Waals surface area contributed by atoms with Crippen LogP contribution in [0.25, 0.3) is 0 Å². The Morgan fingerprint density at radius 2 is 1.88 bits per heavy atom. The number of piperidine rings is 1. The average molecular weight is 225 g/mol. The minimum atomic E-state index is 0.304. The molecule has 2 aliphatic heterocycles. The summed E-state index contributed by atoms with van der Waals surface area (Å²) < 4.78 is 5.90. The maximum Gasteiger partial charge on any atom is 0.222 e. The van der Waals surface area contributed by atoms with E-state index in [1.807, 2.05) is 6.92 Å². The molecule has 2 saturated heterocycles. The van der Waals surface area contributed by atoms with Gasteiger partial charge in [-0.25, -0.2) is 0 Å². The molecule has 2 unspecified atom stereocenters. The van der Waals surface area contributed by atoms with E-state index in [0.29, 0.717) is 36.6 Å². The standard InChI is InChI=1S/C13H23NO2/c1-4-13(15)14-10-5-6-11(14)8-12(7-10)16-9(2)3/h9-12H,4-8H2,1-3H3. The molecule has 3 nitrogen and oxygen atoms in total. The van der Waals surface area contributed by atoms with E-state index in [0.717, 1.165) is 12.8 Å². The Morgan fingerprint density at radius 1 is 1.31 bits per heavy atom. The fourth-order valence-corrected chi connectivity index (χ4v) is 3.21. The minimum absolute atomic E-state index is 0.304. The van der Waals surface area contributed by atoms with Gasteiger partial charge >= 0.3 is 0 Å². The summed E-state index contributed by atoms with van der Waals surface area (Å²) in [5.74, 6) is 0.329. The van der Waals surface area contributed by atoms with Crippen molar-refractivity contribution < 1.29 is 9.53 Å². The molecule has 0 N–H and O–H groups in total. The van der Waals surface area contributed by atoms with Crippen LogP contribution in [0.5, 0.6) is 0 Å². The largest absolute Gasteiger partial charge is 0.375 e. The number of carbonyl (C=O) groups is 1. The van der Waals surface area contributed by atoms with E-state index in [2.05, 4.69) is 18.7 Å². The fraction of sp³-hybridized carbons (Fsp3) is 0.923. The summed E-state index contributed by atoms with van der Waals surface area (Å²) in [5.41, 5.74) is 0. The lowest BCUT2D eigenvalue weighted by Gasteiger charge is -2.39. The van der Waals surface area contributed by atoms with E-state index < -0.39 is 0 Å². The Bertz CT molecular complexity index is 251. The van der Waals surface area contributed by atoms with Crippen LogP contribution in [0.3, 0.4) is 0 Å². The van der Waals surface area contributed by atoms with Crippen LogP contribution in [0.2, 0.25) is 0 Å². The van der Waals surface area contributed by atoms with Crippen molar-refractivity contribution in [2.24, 2.45) is 0 Å². The molecule has 2 atom stereocenters. The van der Waals surface area contributed by atoms with Gasteiger partial charge in [-0.05, 0) is 39.5 Å². The van der Waals surface area contributed by atoms with Crippen molar-refractivity contribution in [1.82, 2.24) is 4.90 Å². The van der Waals surface area contributed by atoms with Gasteiger partial charge < -0.3 is 9.64 Å². The number of rotatable bonds is 3. The van der Waals surface area contributed by atoms with Gasteiger partial charge in [-0.15, -0.1) is 0 Å². The number of ether oxygens (including phenoxy) is 1. The van der Waals surface area contributed by atoms with Gasteiger partial charge in [-0.2, -0.15) is 0 Å². The summed E-state index contributed by atoms with van der Waals surface area (Å²) in [5, 5.41) is 0. The van der Waals surface area contributed by atoms with E-state index >= 15 is 0 Å². The first-order valence-electron chi connectivity index (χ1n) is 6.58. The van der Waals surface area contributed by atoms with Crippen LogP contribution in [0.4, 0.5) is 0 Å². The summed E-state index contributed by atoms with van der Waals surface area (Å²) in [6, 6.07) is 0.907. The smallest absolute Gasteiger partial charge is 0.222 e. The van der Waals surface area contributed by atoms with Crippen molar-refractivity contribution in [3.05, 3.63) is 0 Å². The highest BCUT2D eigenvalue weighted by molar-refractivity contribution is 5.77. The van der Waals surface area contributed by atoms with E-state index in [4.69, 9.17) is 4.74 Å². The predicted molar refractivity (Wildman–Crippen MR) is 63.2 cm³/mol. The van der Waals surface area contributed by atoms with E-state index in [9.17, 15) is 4.79 Å². The molecule has 2 fully saturated rings. The first kappa shape index (κ1) is 11.9. The van der Waals surface area contributed by atoms with Gasteiger partial charge in [0.25, 0.3) is 0 Å². The molecule has 0 spiro atoms. The van der Waals surface area contributed by atoms with Crippen LogP contribution in [0.1, 0.15) is 52.9 Å². The second kappa shape index (κ2) is 4.74. The predicted octanol–water partition coefficient (Wildman–Crippen LogP) is 2.34. The summed E-state index contributed by atoms with van der Waals surface area (Å²) >= 11 is 0. The number of fused-ring (bicyclic) bond motifs is 2. The monoisotopic (exact) mass is 225 g/mol. The van der Waals surface area contributed by atoms with E-state index in [-0.39, 0.29) is 0 Å². The van der Waals surface area contributed by atoms with E-state index in [1.165, 1.54) is 12.8 Å². The van der Waals surface area contributed by atoms with Crippen LogP contribution in [-0.2, 0) is 9.53 Å². The molecule has 1 amide bonds. The molecule has 92 valence electrons. The van der Waals surface area contributed by atoms with Crippen molar-refractivity contribution in [2.75, 3.05) is 0 Å². The lowest BCUT2D eigenvalue weighted by Crippen LogP contribution is -2.48. The van der Waals surface area contributed by atoms with Crippen LogP contribution in [0.15, 0.2) is 0 Å². The van der Waals surface area contributed by atoms with Crippen molar-refractivity contribution in [2.45, 2.75) is 77.2 Å². The molecule has 3 heteroatoms. The maximum absolute atomic E-state index is 11.8. The molecule has 2 heterocycles. The summed E-state index contributed by atoms with van der Waals surface area (Å²) in [6.45, 7) is 6.13. The van der Waals surface area contributed by atoms with Gasteiger partial charge in [-0.3, -0.25) is 4.79 Å². The average Bonchev–Trinajstić information content (AvgIpc) is 2.49. The van der Waals surface area contributed by atoms with E-state index in [1.54, 1.807) is 0 Å². The van der Waals surface area contributed by atoms with Crippen LogP contribution < -0.4 is 0 Å². The van der Waals surface area contributed by atoms with Crippen molar-refractivity contribution in [3.63, 3.8) is 0 Å². The van der Waals surface area contributed by atoms with Crippen molar-refractivity contribution >= 4 is 5.91 Å². The normalized spacial score (nSPS) is 33.5. The molecule has 0 saturated carbocycles. The van der Waals surface area contributed by atoms with Gasteiger partial charge in [0.1, 0.15) is 0 Å². The van der Waals surface area contributed by atoms with Crippen molar-refractivity contribution in [1.29, 1.82) is 0 Å². The van der Waals surface area contributed by atoms with Crippen LogP contribution in [-0.4, -0.2) is 35.1 Å². The molecule has 2 bridgehead atoms. The Hall–Kier alpha value is -0.570.